The summed E-state index contributed by atoms with van der Waals surface area (Å²) in [7, 11) is 0. The van der Waals surface area contributed by atoms with Crippen molar-refractivity contribution in [2.24, 2.45) is 0 Å². The first kappa shape index (κ1) is 7.53. The molecule has 0 spiro atoms. The molecule has 0 amide bonds. The van der Waals surface area contributed by atoms with Crippen LogP contribution >= 0.6 is 0 Å². The van der Waals surface area contributed by atoms with E-state index in [-0.39, 0.29) is 5.78 Å². The second kappa shape index (κ2) is 2.73. The van der Waals surface area contributed by atoms with Crippen LogP contribution in [0.5, 0.6) is 0 Å². The lowest BCUT2D eigenvalue weighted by Crippen LogP contribution is -2.09. The predicted octanol–water partition coefficient (Wildman–Crippen LogP) is 1.88. The Morgan fingerprint density at radius 2 is 2.42 bits per heavy atom. The highest BCUT2D eigenvalue weighted by Gasteiger charge is 2.21. The molecule has 0 unspecified atom stereocenters. The van der Waals surface area contributed by atoms with Crippen LogP contribution in [-0.2, 0) is 0 Å². The molecule has 64 valence electrons. The van der Waals surface area contributed by atoms with Gasteiger partial charge in [-0.2, -0.15) is 0 Å². The number of Topliss-reactive ketones (excluding diaryl/α,β-unsaturated/α-hetero) is 1. The SMILES string of the molecule is CC(=O)c1ncc(C2CCC2)[nH]1. The van der Waals surface area contributed by atoms with Crippen LogP contribution in [0.15, 0.2) is 6.20 Å². The van der Waals surface area contributed by atoms with Crippen LogP contribution in [0.4, 0.5) is 0 Å². The van der Waals surface area contributed by atoms with Gasteiger partial charge in [-0.25, -0.2) is 4.98 Å². The molecule has 1 heterocycles. The number of rotatable bonds is 2. The van der Waals surface area contributed by atoms with Gasteiger partial charge in [0.25, 0.3) is 0 Å². The normalized spacial score (nSPS) is 17.4. The lowest BCUT2D eigenvalue weighted by Gasteiger charge is -2.23. The summed E-state index contributed by atoms with van der Waals surface area (Å²) < 4.78 is 0. The molecular formula is C9H12N2O. The van der Waals surface area contributed by atoms with Gasteiger partial charge in [-0.3, -0.25) is 4.79 Å². The van der Waals surface area contributed by atoms with E-state index < -0.39 is 0 Å². The van der Waals surface area contributed by atoms with Gasteiger partial charge in [-0.05, 0) is 12.8 Å². The Hall–Kier alpha value is -1.12. The third-order valence-electron chi connectivity index (χ3n) is 2.47. The zero-order chi connectivity index (χ0) is 8.55. The van der Waals surface area contributed by atoms with Crippen LogP contribution in [0.3, 0.4) is 0 Å². The standard InChI is InChI=1S/C9H12N2O/c1-6(12)9-10-5-8(11-9)7-3-2-4-7/h5,7H,2-4H2,1H3,(H,10,11). The fraction of sp³-hybridized carbons (Fsp3) is 0.556. The third kappa shape index (κ3) is 1.15. The maximum absolute atomic E-state index is 10.9. The number of carbonyl (C=O) groups is 1. The van der Waals surface area contributed by atoms with Crippen molar-refractivity contribution in [2.75, 3.05) is 0 Å². The molecule has 3 nitrogen and oxygen atoms in total. The van der Waals surface area contributed by atoms with Crippen molar-refractivity contribution in [3.05, 3.63) is 17.7 Å². The van der Waals surface area contributed by atoms with E-state index in [0.29, 0.717) is 11.7 Å². The summed E-state index contributed by atoms with van der Waals surface area (Å²) in [5, 5.41) is 0. The average molecular weight is 164 g/mol. The molecular weight excluding hydrogens is 152 g/mol. The first-order valence-corrected chi connectivity index (χ1v) is 4.33. The Morgan fingerprint density at radius 3 is 2.83 bits per heavy atom. The number of aromatic amines is 1. The molecule has 0 saturated heterocycles. The van der Waals surface area contributed by atoms with Crippen LogP contribution in [0.25, 0.3) is 0 Å². The Kier molecular flexibility index (Phi) is 1.71. The van der Waals surface area contributed by atoms with Crippen LogP contribution in [-0.4, -0.2) is 15.8 Å². The van der Waals surface area contributed by atoms with E-state index in [1.807, 2.05) is 0 Å². The number of hydrogen-bond acceptors (Lipinski definition) is 2. The molecule has 2 rings (SSSR count). The van der Waals surface area contributed by atoms with E-state index in [0.717, 1.165) is 5.69 Å². The molecule has 1 fully saturated rings. The smallest absolute Gasteiger partial charge is 0.194 e. The van der Waals surface area contributed by atoms with Crippen molar-refractivity contribution in [3.63, 3.8) is 0 Å². The van der Waals surface area contributed by atoms with Gasteiger partial charge in [0.1, 0.15) is 0 Å². The van der Waals surface area contributed by atoms with E-state index in [1.165, 1.54) is 26.2 Å². The minimum atomic E-state index is 0.0144. The molecule has 12 heavy (non-hydrogen) atoms. The molecule has 0 atom stereocenters. The fourth-order valence-electron chi connectivity index (χ4n) is 1.44. The number of aromatic nitrogens is 2. The zero-order valence-electron chi connectivity index (χ0n) is 7.13. The van der Waals surface area contributed by atoms with Crippen molar-refractivity contribution >= 4 is 5.78 Å². The summed E-state index contributed by atoms with van der Waals surface area (Å²) in [5.41, 5.74) is 1.13. The number of nitrogens with one attached hydrogen (secondary N) is 1. The van der Waals surface area contributed by atoms with Gasteiger partial charge in [0.05, 0.1) is 0 Å². The highest BCUT2D eigenvalue weighted by atomic mass is 16.1. The molecule has 1 N–H and O–H groups in total. The minimum Gasteiger partial charge on any atom is -0.339 e. The summed E-state index contributed by atoms with van der Waals surface area (Å²) in [5.74, 6) is 1.14. The van der Waals surface area contributed by atoms with Gasteiger partial charge in [-0.1, -0.05) is 6.42 Å². The van der Waals surface area contributed by atoms with Gasteiger partial charge in [-0.15, -0.1) is 0 Å². The number of carbonyl (C=O) groups excluding carboxylic acids is 1. The average Bonchev–Trinajstić information content (AvgIpc) is 2.32. The Labute approximate surface area is 71.2 Å². The lowest BCUT2D eigenvalue weighted by atomic mass is 9.83. The molecule has 0 aromatic carbocycles. The van der Waals surface area contributed by atoms with Crippen LogP contribution in [0.1, 0.15) is 48.4 Å². The number of hydrogen-bond donors (Lipinski definition) is 1. The van der Waals surface area contributed by atoms with Crippen LogP contribution in [0.2, 0.25) is 0 Å². The highest BCUT2D eigenvalue weighted by Crippen LogP contribution is 2.35. The second-order valence-electron chi connectivity index (χ2n) is 3.37. The first-order chi connectivity index (χ1) is 5.77. The molecule has 3 heteroatoms. The summed E-state index contributed by atoms with van der Waals surface area (Å²) in [6.07, 6.45) is 5.57. The summed E-state index contributed by atoms with van der Waals surface area (Å²) >= 11 is 0. The summed E-state index contributed by atoms with van der Waals surface area (Å²) in [6.45, 7) is 1.53. The molecule has 0 aliphatic heterocycles. The summed E-state index contributed by atoms with van der Waals surface area (Å²) in [4.78, 5) is 18.0. The van der Waals surface area contributed by atoms with Crippen LogP contribution < -0.4 is 0 Å². The van der Waals surface area contributed by atoms with Crippen molar-refractivity contribution < 1.29 is 4.79 Å². The lowest BCUT2D eigenvalue weighted by molar-refractivity contribution is 0.100. The monoisotopic (exact) mass is 164 g/mol. The van der Waals surface area contributed by atoms with E-state index in [9.17, 15) is 4.79 Å². The number of ketones is 1. The fourth-order valence-corrected chi connectivity index (χ4v) is 1.44. The number of nitrogens with zero attached hydrogens (tertiary/aromatic N) is 1. The molecule has 1 saturated carbocycles. The van der Waals surface area contributed by atoms with Gasteiger partial charge < -0.3 is 4.98 Å². The maximum Gasteiger partial charge on any atom is 0.194 e. The second-order valence-corrected chi connectivity index (χ2v) is 3.37. The summed E-state index contributed by atoms with van der Waals surface area (Å²) in [6, 6.07) is 0. The first-order valence-electron chi connectivity index (χ1n) is 4.33. The van der Waals surface area contributed by atoms with Crippen molar-refractivity contribution in [2.45, 2.75) is 32.1 Å². The highest BCUT2D eigenvalue weighted by molar-refractivity contribution is 5.90. The number of imidazole rings is 1. The predicted molar refractivity (Wildman–Crippen MR) is 45.2 cm³/mol. The Bertz CT molecular complexity index is 299. The van der Waals surface area contributed by atoms with E-state index in [1.54, 1.807) is 6.20 Å². The largest absolute Gasteiger partial charge is 0.339 e. The van der Waals surface area contributed by atoms with Crippen LogP contribution in [0, 0.1) is 0 Å². The Balaban J connectivity index is 2.17. The van der Waals surface area contributed by atoms with Crippen molar-refractivity contribution in [3.8, 4) is 0 Å². The van der Waals surface area contributed by atoms with E-state index >= 15 is 0 Å². The molecule has 1 aromatic rings. The number of H-pyrrole nitrogens is 1. The van der Waals surface area contributed by atoms with Gasteiger partial charge in [0.2, 0.25) is 0 Å². The Morgan fingerprint density at radius 1 is 1.67 bits per heavy atom. The van der Waals surface area contributed by atoms with Gasteiger partial charge in [0, 0.05) is 24.7 Å². The van der Waals surface area contributed by atoms with Gasteiger partial charge >= 0.3 is 0 Å². The molecule has 1 aliphatic carbocycles. The van der Waals surface area contributed by atoms with Gasteiger partial charge in [0.15, 0.2) is 11.6 Å². The maximum atomic E-state index is 10.9. The quantitative estimate of drug-likeness (QED) is 0.678. The van der Waals surface area contributed by atoms with Crippen molar-refractivity contribution in [1.29, 1.82) is 0 Å². The third-order valence-corrected chi connectivity index (χ3v) is 2.47. The molecule has 1 aliphatic rings. The molecule has 0 radical (unpaired) electrons. The van der Waals surface area contributed by atoms with E-state index in [4.69, 9.17) is 0 Å². The molecule has 1 aromatic heterocycles. The molecule has 0 bridgehead atoms. The minimum absolute atomic E-state index is 0.0144. The van der Waals surface area contributed by atoms with Crippen molar-refractivity contribution in [1.82, 2.24) is 9.97 Å². The zero-order valence-corrected chi connectivity index (χ0v) is 7.13. The topological polar surface area (TPSA) is 45.8 Å². The van der Waals surface area contributed by atoms with E-state index in [2.05, 4.69) is 9.97 Å².